The number of hydrogen-bond donors (Lipinski definition) is 1. The molecular formula is C9H12NO4. The number of aliphatic carboxylic acids is 1. The molecule has 1 radical (unpaired) electrons. The Labute approximate surface area is 82.1 Å². The van der Waals surface area contributed by atoms with Crippen molar-refractivity contribution in [1.82, 2.24) is 0 Å². The van der Waals surface area contributed by atoms with Crippen molar-refractivity contribution in [1.29, 1.82) is 0 Å². The third-order valence-electron chi connectivity index (χ3n) is 1.39. The van der Waals surface area contributed by atoms with Gasteiger partial charge in [0.25, 0.3) is 0 Å². The monoisotopic (exact) mass is 198 g/mol. The van der Waals surface area contributed by atoms with E-state index in [0.717, 1.165) is 0 Å². The summed E-state index contributed by atoms with van der Waals surface area (Å²) in [5.74, 6) is -0.929. The minimum Gasteiger partial charge on any atom is -0.478 e. The van der Waals surface area contributed by atoms with Crippen LogP contribution in [0.1, 0.15) is 13.3 Å². The average molecular weight is 198 g/mol. The van der Waals surface area contributed by atoms with E-state index < -0.39 is 5.97 Å². The second kappa shape index (κ2) is 8.16. The molecule has 0 unspecified atom stereocenters. The highest BCUT2D eigenvalue weighted by Gasteiger charge is 1.97. The minimum atomic E-state index is -0.929. The highest BCUT2D eigenvalue weighted by atomic mass is 16.5. The molecule has 14 heavy (non-hydrogen) atoms. The maximum atomic E-state index is 10.3. The van der Waals surface area contributed by atoms with Crippen LogP contribution in [0.3, 0.4) is 0 Å². The zero-order valence-corrected chi connectivity index (χ0v) is 7.90. The second-order valence-electron chi connectivity index (χ2n) is 2.46. The Morgan fingerprint density at radius 2 is 2.36 bits per heavy atom. The van der Waals surface area contributed by atoms with Crippen LogP contribution in [0, 0.1) is 6.54 Å². The van der Waals surface area contributed by atoms with Crippen LogP contribution in [0.2, 0.25) is 0 Å². The van der Waals surface area contributed by atoms with Crippen molar-refractivity contribution in [2.24, 2.45) is 4.99 Å². The van der Waals surface area contributed by atoms with E-state index >= 15 is 0 Å². The third kappa shape index (κ3) is 7.21. The topological polar surface area (TPSA) is 76.0 Å². The van der Waals surface area contributed by atoms with E-state index in [1.165, 1.54) is 19.5 Å². The number of carbonyl (C=O) groups excluding carboxylic acids is 1. The molecule has 1 N–H and O–H groups in total. The molecule has 0 aliphatic rings. The molecule has 0 aliphatic carbocycles. The van der Waals surface area contributed by atoms with Crippen LogP contribution in [-0.2, 0) is 14.3 Å². The molecule has 0 spiro atoms. The van der Waals surface area contributed by atoms with E-state index in [4.69, 9.17) is 9.84 Å². The fourth-order valence-electron chi connectivity index (χ4n) is 0.657. The molecule has 0 rings (SSSR count). The van der Waals surface area contributed by atoms with E-state index in [1.807, 2.05) is 0 Å². The van der Waals surface area contributed by atoms with Crippen molar-refractivity contribution in [2.45, 2.75) is 13.3 Å². The summed E-state index contributed by atoms with van der Waals surface area (Å²) in [4.78, 5) is 23.1. The van der Waals surface area contributed by atoms with E-state index in [1.54, 1.807) is 6.08 Å². The molecule has 5 heteroatoms. The van der Waals surface area contributed by atoms with Crippen LogP contribution in [0.25, 0.3) is 0 Å². The van der Waals surface area contributed by atoms with Crippen LogP contribution in [0.5, 0.6) is 0 Å². The van der Waals surface area contributed by atoms with Crippen LogP contribution < -0.4 is 0 Å². The molecule has 0 heterocycles. The van der Waals surface area contributed by atoms with E-state index in [0.29, 0.717) is 18.6 Å². The van der Waals surface area contributed by atoms with Crippen LogP contribution in [-0.4, -0.2) is 30.4 Å². The van der Waals surface area contributed by atoms with Gasteiger partial charge in [-0.3, -0.25) is 0 Å². The summed E-state index contributed by atoms with van der Waals surface area (Å²) in [6, 6.07) is 0. The van der Waals surface area contributed by atoms with Gasteiger partial charge in [-0.2, -0.15) is 4.99 Å². The van der Waals surface area contributed by atoms with Gasteiger partial charge in [0.15, 0.2) is 0 Å². The van der Waals surface area contributed by atoms with Gasteiger partial charge in [-0.25, -0.2) is 9.59 Å². The zero-order valence-electron chi connectivity index (χ0n) is 7.90. The Morgan fingerprint density at radius 1 is 1.64 bits per heavy atom. The summed E-state index contributed by atoms with van der Waals surface area (Å²) in [6.45, 7) is 3.44. The SMILES string of the molecule is CC(=CCCOC[CH]N=C=O)C(=O)O. The fraction of sp³-hybridized carbons (Fsp3) is 0.444. The average Bonchev–Trinajstić information content (AvgIpc) is 2.16. The number of nitrogens with zero attached hydrogens (tertiary/aromatic N) is 1. The van der Waals surface area contributed by atoms with Crippen LogP contribution in [0.4, 0.5) is 0 Å². The van der Waals surface area contributed by atoms with Gasteiger partial charge in [0.2, 0.25) is 6.08 Å². The van der Waals surface area contributed by atoms with Crippen LogP contribution >= 0.6 is 0 Å². The van der Waals surface area contributed by atoms with Gasteiger partial charge in [0.1, 0.15) is 6.54 Å². The third-order valence-corrected chi connectivity index (χ3v) is 1.39. The Kier molecular flexibility index (Phi) is 7.32. The van der Waals surface area contributed by atoms with Gasteiger partial charge < -0.3 is 9.84 Å². The summed E-state index contributed by atoms with van der Waals surface area (Å²) < 4.78 is 5.00. The zero-order chi connectivity index (χ0) is 10.8. The van der Waals surface area contributed by atoms with Gasteiger partial charge in [0.05, 0.1) is 13.2 Å². The number of ether oxygens (including phenoxy) is 1. The Hall–Kier alpha value is -1.45. The maximum Gasteiger partial charge on any atom is 0.330 e. The fourth-order valence-corrected chi connectivity index (χ4v) is 0.657. The standard InChI is InChI=1S/C9H12NO4/c1-8(9(12)13)3-2-5-14-6-4-10-7-11/h3-4H,2,5-6H2,1H3,(H,12,13). The lowest BCUT2D eigenvalue weighted by Gasteiger charge is -1.98. The maximum absolute atomic E-state index is 10.3. The van der Waals surface area contributed by atoms with E-state index in [-0.39, 0.29) is 6.61 Å². The first kappa shape index (κ1) is 12.6. The van der Waals surface area contributed by atoms with Gasteiger partial charge in [-0.05, 0) is 13.3 Å². The molecule has 77 valence electrons. The number of carbonyl (C=O) groups is 1. The predicted octanol–water partition coefficient (Wildman–Crippen LogP) is 0.922. The van der Waals surface area contributed by atoms with Crippen molar-refractivity contribution in [3.05, 3.63) is 18.2 Å². The lowest BCUT2D eigenvalue weighted by molar-refractivity contribution is -0.132. The second-order valence-corrected chi connectivity index (χ2v) is 2.46. The normalized spacial score (nSPS) is 10.8. The molecule has 0 aromatic heterocycles. The van der Waals surface area contributed by atoms with Crippen molar-refractivity contribution in [3.63, 3.8) is 0 Å². The van der Waals surface area contributed by atoms with Crippen LogP contribution in [0.15, 0.2) is 16.6 Å². The lowest BCUT2D eigenvalue weighted by Crippen LogP contribution is -1.98. The molecule has 0 aliphatic heterocycles. The first-order chi connectivity index (χ1) is 6.68. The molecule has 0 aromatic carbocycles. The van der Waals surface area contributed by atoms with Crippen molar-refractivity contribution >= 4 is 12.0 Å². The summed E-state index contributed by atoms with van der Waals surface area (Å²) in [6.07, 6.45) is 3.44. The smallest absolute Gasteiger partial charge is 0.330 e. The van der Waals surface area contributed by atoms with Gasteiger partial charge in [-0.15, -0.1) is 0 Å². The van der Waals surface area contributed by atoms with Crippen molar-refractivity contribution in [2.75, 3.05) is 13.2 Å². The predicted molar refractivity (Wildman–Crippen MR) is 49.3 cm³/mol. The molecule has 0 amide bonds. The molecular weight excluding hydrogens is 186 g/mol. The number of rotatable bonds is 7. The molecule has 0 fully saturated rings. The Bertz CT molecular complexity index is 254. The van der Waals surface area contributed by atoms with Gasteiger partial charge in [0, 0.05) is 5.57 Å². The molecule has 0 atom stereocenters. The first-order valence-electron chi connectivity index (χ1n) is 4.05. The number of carboxylic acids is 1. The molecule has 0 aromatic rings. The number of carboxylic acid groups (broad SMARTS) is 1. The summed E-state index contributed by atoms with van der Waals surface area (Å²) >= 11 is 0. The van der Waals surface area contributed by atoms with Gasteiger partial charge in [-0.1, -0.05) is 6.08 Å². The summed E-state index contributed by atoms with van der Waals surface area (Å²) in [5.41, 5.74) is 0.295. The Balaban J connectivity index is 3.42. The molecule has 0 bridgehead atoms. The Morgan fingerprint density at radius 3 is 2.93 bits per heavy atom. The highest BCUT2D eigenvalue weighted by molar-refractivity contribution is 5.85. The minimum absolute atomic E-state index is 0.231. The number of aliphatic imine (C=N–C) groups is 1. The van der Waals surface area contributed by atoms with E-state index in [9.17, 15) is 9.59 Å². The largest absolute Gasteiger partial charge is 0.478 e. The summed E-state index contributed by atoms with van der Waals surface area (Å²) in [5, 5.41) is 8.48. The quantitative estimate of drug-likeness (QED) is 0.285. The van der Waals surface area contributed by atoms with Crippen molar-refractivity contribution < 1.29 is 19.4 Å². The van der Waals surface area contributed by atoms with Gasteiger partial charge >= 0.3 is 5.97 Å². The summed E-state index contributed by atoms with van der Waals surface area (Å²) in [7, 11) is 0. The molecule has 0 saturated carbocycles. The number of isocyanates is 1. The first-order valence-corrected chi connectivity index (χ1v) is 4.05. The number of hydrogen-bond acceptors (Lipinski definition) is 4. The van der Waals surface area contributed by atoms with E-state index in [2.05, 4.69) is 4.99 Å². The molecule has 0 saturated heterocycles. The highest BCUT2D eigenvalue weighted by Crippen LogP contribution is 1.95. The van der Waals surface area contributed by atoms with Crippen molar-refractivity contribution in [3.8, 4) is 0 Å². The lowest BCUT2D eigenvalue weighted by atomic mass is 10.2. The molecule has 5 nitrogen and oxygen atoms in total.